The van der Waals surface area contributed by atoms with Crippen LogP contribution in [0.1, 0.15) is 5.56 Å². The van der Waals surface area contributed by atoms with Gasteiger partial charge in [0.2, 0.25) is 0 Å². The van der Waals surface area contributed by atoms with E-state index in [0.717, 1.165) is 5.56 Å². The zero-order chi connectivity index (χ0) is 13.5. The number of hydrogen-bond donors (Lipinski definition) is 2. The molecule has 0 aliphatic carbocycles. The molecule has 0 fully saturated rings. The first kappa shape index (κ1) is 14.5. The predicted molar refractivity (Wildman–Crippen MR) is 76.9 cm³/mol. The predicted octanol–water partition coefficient (Wildman–Crippen LogP) is 1.78. The van der Waals surface area contributed by atoms with Gasteiger partial charge in [-0.15, -0.1) is 0 Å². The zero-order valence-electron chi connectivity index (χ0n) is 10.3. The van der Waals surface area contributed by atoms with Crippen LogP contribution < -0.4 is 20.2 Å². The smallest absolute Gasteiger partial charge is 0.186 e. The summed E-state index contributed by atoms with van der Waals surface area (Å²) < 4.78 is 10.3. The van der Waals surface area contributed by atoms with Gasteiger partial charge in [-0.1, -0.05) is 11.6 Å². The lowest BCUT2D eigenvalue weighted by molar-refractivity contribution is 0.355. The molecule has 0 heterocycles. The van der Waals surface area contributed by atoms with Crippen molar-refractivity contribution in [3.63, 3.8) is 0 Å². The van der Waals surface area contributed by atoms with Crippen molar-refractivity contribution in [2.45, 2.75) is 0 Å². The number of hydrogen-bond acceptors (Lipinski definition) is 4. The van der Waals surface area contributed by atoms with Crippen molar-refractivity contribution in [2.24, 2.45) is 5.10 Å². The fraction of sp³-hybridized carbons (Fsp3) is 0.273. The van der Waals surface area contributed by atoms with E-state index < -0.39 is 0 Å². The van der Waals surface area contributed by atoms with Crippen LogP contribution in [0.2, 0.25) is 5.02 Å². The first-order valence-electron chi connectivity index (χ1n) is 5.04. The standard InChI is InChI=1S/C11H14ClN3O2S/c1-13-11(18)15-14-6-7-4-8(12)10(17-3)9(5-7)16-2/h4-6H,1-3H3,(H2,13,15,18)/b14-6-. The summed E-state index contributed by atoms with van der Waals surface area (Å²) in [6.45, 7) is 0. The molecule has 0 aromatic heterocycles. The Balaban J connectivity index is 2.91. The first-order valence-corrected chi connectivity index (χ1v) is 5.83. The summed E-state index contributed by atoms with van der Waals surface area (Å²) in [7, 11) is 4.78. The van der Waals surface area contributed by atoms with E-state index in [2.05, 4.69) is 15.8 Å². The van der Waals surface area contributed by atoms with Crippen LogP contribution in [-0.4, -0.2) is 32.6 Å². The van der Waals surface area contributed by atoms with Crippen molar-refractivity contribution < 1.29 is 9.47 Å². The molecule has 0 bridgehead atoms. The molecule has 1 rings (SSSR count). The molecule has 7 heteroatoms. The molecule has 1 aromatic rings. The highest BCUT2D eigenvalue weighted by Gasteiger charge is 2.09. The van der Waals surface area contributed by atoms with Gasteiger partial charge < -0.3 is 14.8 Å². The number of thiocarbonyl (C=S) groups is 1. The van der Waals surface area contributed by atoms with Gasteiger partial charge in [0, 0.05) is 7.05 Å². The van der Waals surface area contributed by atoms with Crippen molar-refractivity contribution in [1.82, 2.24) is 10.7 Å². The summed E-state index contributed by atoms with van der Waals surface area (Å²) >= 11 is 10.9. The van der Waals surface area contributed by atoms with E-state index in [1.165, 1.54) is 7.11 Å². The van der Waals surface area contributed by atoms with Crippen molar-refractivity contribution >= 4 is 35.1 Å². The number of rotatable bonds is 4. The largest absolute Gasteiger partial charge is 0.493 e. The molecule has 0 unspecified atom stereocenters. The number of ether oxygens (including phenoxy) is 2. The third-order valence-corrected chi connectivity index (χ3v) is 2.64. The van der Waals surface area contributed by atoms with E-state index >= 15 is 0 Å². The summed E-state index contributed by atoms with van der Waals surface area (Å²) in [4.78, 5) is 0. The van der Waals surface area contributed by atoms with Crippen molar-refractivity contribution in [3.05, 3.63) is 22.7 Å². The highest BCUT2D eigenvalue weighted by atomic mass is 35.5. The Labute approximate surface area is 116 Å². The van der Waals surface area contributed by atoms with Crippen molar-refractivity contribution in [3.8, 4) is 11.5 Å². The molecule has 18 heavy (non-hydrogen) atoms. The Morgan fingerprint density at radius 2 is 2.11 bits per heavy atom. The van der Waals surface area contributed by atoms with E-state index in [1.807, 2.05) is 0 Å². The highest BCUT2D eigenvalue weighted by Crippen LogP contribution is 2.35. The molecule has 0 saturated carbocycles. The van der Waals surface area contributed by atoms with Gasteiger partial charge >= 0.3 is 0 Å². The minimum absolute atomic E-state index is 0.429. The van der Waals surface area contributed by atoms with E-state index in [0.29, 0.717) is 21.6 Å². The molecule has 1 aromatic carbocycles. The van der Waals surface area contributed by atoms with Crippen LogP contribution in [0.25, 0.3) is 0 Å². The molecule has 98 valence electrons. The maximum Gasteiger partial charge on any atom is 0.186 e. The highest BCUT2D eigenvalue weighted by molar-refractivity contribution is 7.80. The van der Waals surface area contributed by atoms with Gasteiger partial charge in [-0.05, 0) is 29.9 Å². The lowest BCUT2D eigenvalue weighted by atomic mass is 10.2. The minimum atomic E-state index is 0.429. The van der Waals surface area contributed by atoms with Crippen LogP contribution in [0.5, 0.6) is 11.5 Å². The van der Waals surface area contributed by atoms with Gasteiger partial charge in [-0.3, -0.25) is 5.43 Å². The molecule has 5 nitrogen and oxygen atoms in total. The molecule has 0 aliphatic rings. The van der Waals surface area contributed by atoms with Crippen molar-refractivity contribution in [1.29, 1.82) is 0 Å². The lowest BCUT2D eigenvalue weighted by Gasteiger charge is -2.09. The molecular formula is C11H14ClN3O2S. The fourth-order valence-electron chi connectivity index (χ4n) is 1.23. The lowest BCUT2D eigenvalue weighted by Crippen LogP contribution is -2.28. The molecule has 0 atom stereocenters. The van der Waals surface area contributed by atoms with E-state index in [9.17, 15) is 0 Å². The third-order valence-electron chi connectivity index (χ3n) is 2.06. The second-order valence-corrected chi connectivity index (χ2v) is 4.00. The molecule has 0 radical (unpaired) electrons. The third kappa shape index (κ3) is 3.75. The average Bonchev–Trinajstić information content (AvgIpc) is 2.37. The monoisotopic (exact) mass is 287 g/mol. The Kier molecular flexibility index (Phi) is 5.67. The summed E-state index contributed by atoms with van der Waals surface area (Å²) in [6, 6.07) is 3.48. The van der Waals surface area contributed by atoms with Crippen LogP contribution in [0, 0.1) is 0 Å². The summed E-state index contributed by atoms with van der Waals surface area (Å²) in [5, 5.41) is 7.57. The van der Waals surface area contributed by atoms with Crippen LogP contribution in [0.3, 0.4) is 0 Å². The Hall–Kier alpha value is -1.53. The van der Waals surface area contributed by atoms with Crippen LogP contribution in [0.15, 0.2) is 17.2 Å². The number of hydrazone groups is 1. The first-order chi connectivity index (χ1) is 8.62. The van der Waals surface area contributed by atoms with Crippen LogP contribution >= 0.6 is 23.8 Å². The van der Waals surface area contributed by atoms with Gasteiger partial charge in [-0.2, -0.15) is 5.10 Å². The van der Waals surface area contributed by atoms with Gasteiger partial charge in [0.25, 0.3) is 0 Å². The topological polar surface area (TPSA) is 54.9 Å². The summed E-state index contributed by atoms with van der Waals surface area (Å²) in [6.07, 6.45) is 1.58. The van der Waals surface area contributed by atoms with E-state index in [4.69, 9.17) is 33.3 Å². The summed E-state index contributed by atoms with van der Waals surface area (Å²) in [5.74, 6) is 1.04. The number of nitrogens with one attached hydrogen (secondary N) is 2. The van der Waals surface area contributed by atoms with Gasteiger partial charge in [0.1, 0.15) is 0 Å². The van der Waals surface area contributed by atoms with Crippen LogP contribution in [-0.2, 0) is 0 Å². The Bertz CT molecular complexity index is 466. The number of nitrogens with zero attached hydrogens (tertiary/aromatic N) is 1. The van der Waals surface area contributed by atoms with E-state index in [-0.39, 0.29) is 0 Å². The second-order valence-electron chi connectivity index (χ2n) is 3.19. The summed E-state index contributed by atoms with van der Waals surface area (Å²) in [5.41, 5.74) is 3.41. The number of benzene rings is 1. The fourth-order valence-corrected chi connectivity index (χ4v) is 1.58. The molecular weight excluding hydrogens is 274 g/mol. The van der Waals surface area contributed by atoms with Gasteiger partial charge in [0.15, 0.2) is 16.6 Å². The second kappa shape index (κ2) is 7.03. The molecule has 0 aliphatic heterocycles. The van der Waals surface area contributed by atoms with Gasteiger partial charge in [0.05, 0.1) is 25.5 Å². The van der Waals surface area contributed by atoms with Gasteiger partial charge in [-0.25, -0.2) is 0 Å². The Morgan fingerprint density at radius 1 is 1.39 bits per heavy atom. The zero-order valence-corrected chi connectivity index (χ0v) is 11.9. The molecule has 0 amide bonds. The van der Waals surface area contributed by atoms with E-state index in [1.54, 1.807) is 32.5 Å². The molecule has 0 saturated heterocycles. The average molecular weight is 288 g/mol. The normalized spacial score (nSPS) is 10.2. The molecule has 2 N–H and O–H groups in total. The minimum Gasteiger partial charge on any atom is -0.493 e. The Morgan fingerprint density at radius 3 is 2.67 bits per heavy atom. The maximum atomic E-state index is 6.06. The number of halogens is 1. The molecule has 0 spiro atoms. The maximum absolute atomic E-state index is 6.06. The number of methoxy groups -OCH3 is 2. The SMILES string of the molecule is CNC(=S)N/N=C\c1cc(Cl)c(OC)c(OC)c1. The van der Waals surface area contributed by atoms with Crippen molar-refractivity contribution in [2.75, 3.05) is 21.3 Å². The quantitative estimate of drug-likeness (QED) is 0.502. The van der Waals surface area contributed by atoms with Crippen LogP contribution in [0.4, 0.5) is 0 Å².